The monoisotopic (exact) mass is 257 g/mol. The number of morpholine rings is 1. The van der Waals surface area contributed by atoms with E-state index >= 15 is 0 Å². The van der Waals surface area contributed by atoms with Gasteiger partial charge in [-0.15, -0.1) is 0 Å². The van der Waals surface area contributed by atoms with E-state index in [1.807, 2.05) is 18.2 Å². The van der Waals surface area contributed by atoms with Crippen LogP contribution in [0.25, 0.3) is 0 Å². The fourth-order valence-corrected chi connectivity index (χ4v) is 3.14. The lowest BCUT2D eigenvalue weighted by molar-refractivity contribution is -0.0374. The molecule has 2 bridgehead atoms. The van der Waals surface area contributed by atoms with Crippen LogP contribution in [-0.4, -0.2) is 18.7 Å². The Morgan fingerprint density at radius 2 is 2.19 bits per heavy atom. The average Bonchev–Trinajstić information content (AvgIpc) is 2.80. The van der Waals surface area contributed by atoms with Gasteiger partial charge in [0.25, 0.3) is 0 Å². The van der Waals surface area contributed by atoms with Crippen molar-refractivity contribution in [3.63, 3.8) is 0 Å². The Bertz CT molecular complexity index is 437. The molecule has 2 aliphatic rings. The van der Waals surface area contributed by atoms with E-state index in [9.17, 15) is 0 Å². The summed E-state index contributed by atoms with van der Waals surface area (Å²) in [4.78, 5) is 0. The first kappa shape index (κ1) is 10.8. The van der Waals surface area contributed by atoms with E-state index in [-0.39, 0.29) is 5.60 Å². The lowest BCUT2D eigenvalue weighted by Crippen LogP contribution is -2.45. The molecule has 0 amide bonds. The third-order valence-corrected chi connectivity index (χ3v) is 4.42. The highest BCUT2D eigenvalue weighted by Crippen LogP contribution is 2.45. The van der Waals surface area contributed by atoms with E-state index in [1.165, 1.54) is 0 Å². The Morgan fingerprint density at radius 1 is 1.38 bits per heavy atom. The maximum atomic E-state index is 6.06. The molecule has 2 saturated heterocycles. The predicted octanol–water partition coefficient (Wildman–Crippen LogP) is 2.97. The summed E-state index contributed by atoms with van der Waals surface area (Å²) in [7, 11) is 0. The van der Waals surface area contributed by atoms with Crippen molar-refractivity contribution in [1.29, 1.82) is 0 Å². The van der Waals surface area contributed by atoms with Crippen molar-refractivity contribution in [2.75, 3.05) is 6.61 Å². The Morgan fingerprint density at radius 3 is 2.75 bits per heavy atom. The van der Waals surface area contributed by atoms with Gasteiger partial charge in [0.15, 0.2) is 0 Å². The van der Waals surface area contributed by atoms with Gasteiger partial charge in [-0.05, 0) is 31.0 Å². The van der Waals surface area contributed by atoms with E-state index in [0.29, 0.717) is 22.1 Å². The largest absolute Gasteiger partial charge is 0.367 e. The number of hydrogen-bond donors (Lipinski definition) is 1. The Kier molecular flexibility index (Phi) is 2.44. The van der Waals surface area contributed by atoms with Gasteiger partial charge in [0.2, 0.25) is 0 Å². The van der Waals surface area contributed by atoms with Gasteiger partial charge in [0.05, 0.1) is 16.7 Å². The van der Waals surface area contributed by atoms with Gasteiger partial charge in [0.1, 0.15) is 5.60 Å². The molecule has 0 spiro atoms. The van der Waals surface area contributed by atoms with E-state index in [0.717, 1.165) is 18.6 Å². The number of nitrogens with one attached hydrogen (secondary N) is 1. The zero-order valence-corrected chi connectivity index (χ0v) is 10.5. The highest BCUT2D eigenvalue weighted by atomic mass is 35.5. The van der Waals surface area contributed by atoms with Crippen LogP contribution in [0, 0.1) is 0 Å². The molecule has 0 aliphatic carbocycles. The van der Waals surface area contributed by atoms with Gasteiger partial charge in [0, 0.05) is 12.1 Å². The van der Waals surface area contributed by atoms with Crippen molar-refractivity contribution in [1.82, 2.24) is 5.32 Å². The molecule has 2 fully saturated rings. The number of ether oxygens (including phenoxy) is 1. The number of fused-ring (bicyclic) bond motifs is 2. The Labute approximate surface area is 105 Å². The van der Waals surface area contributed by atoms with Crippen molar-refractivity contribution in [2.45, 2.75) is 31.0 Å². The summed E-state index contributed by atoms with van der Waals surface area (Å²) in [5, 5.41) is 4.72. The summed E-state index contributed by atoms with van der Waals surface area (Å²) in [6.45, 7) is 2.94. The molecule has 0 aromatic heterocycles. The summed E-state index contributed by atoms with van der Waals surface area (Å²) in [6, 6.07) is 6.58. The normalized spacial score (nSPS) is 36.9. The van der Waals surface area contributed by atoms with Crippen LogP contribution in [0.1, 0.15) is 18.9 Å². The van der Waals surface area contributed by atoms with Gasteiger partial charge < -0.3 is 10.1 Å². The minimum Gasteiger partial charge on any atom is -0.367 e. The summed E-state index contributed by atoms with van der Waals surface area (Å²) < 4.78 is 5.97. The third kappa shape index (κ3) is 1.41. The molecule has 3 rings (SSSR count). The zero-order chi connectivity index (χ0) is 11.3. The van der Waals surface area contributed by atoms with Crippen LogP contribution in [-0.2, 0) is 10.3 Å². The van der Waals surface area contributed by atoms with Crippen LogP contribution < -0.4 is 5.32 Å². The van der Waals surface area contributed by atoms with Crippen LogP contribution in [0.15, 0.2) is 18.2 Å². The van der Waals surface area contributed by atoms with E-state index < -0.39 is 0 Å². The summed E-state index contributed by atoms with van der Waals surface area (Å²) >= 11 is 12.0. The maximum Gasteiger partial charge on any atom is 0.110 e. The third-order valence-electron chi connectivity index (χ3n) is 3.69. The molecule has 0 radical (unpaired) electrons. The summed E-state index contributed by atoms with van der Waals surface area (Å²) in [6.07, 6.45) is 1.02. The molecule has 2 nitrogen and oxygen atoms in total. The number of halogens is 2. The molecule has 3 unspecified atom stereocenters. The lowest BCUT2D eigenvalue weighted by Gasteiger charge is -2.33. The predicted molar refractivity (Wildman–Crippen MR) is 65.1 cm³/mol. The molecular weight excluding hydrogens is 245 g/mol. The molecule has 86 valence electrons. The lowest BCUT2D eigenvalue weighted by atomic mass is 9.87. The Balaban J connectivity index is 2.05. The second-order valence-electron chi connectivity index (χ2n) is 4.62. The van der Waals surface area contributed by atoms with Crippen molar-refractivity contribution in [3.05, 3.63) is 33.8 Å². The molecule has 1 aromatic carbocycles. The molecule has 3 atom stereocenters. The fraction of sp³-hybridized carbons (Fsp3) is 0.500. The fourth-order valence-electron chi connectivity index (χ4n) is 2.84. The van der Waals surface area contributed by atoms with Crippen molar-refractivity contribution < 1.29 is 4.74 Å². The number of rotatable bonds is 1. The minimum absolute atomic E-state index is 0.209. The molecule has 4 heteroatoms. The topological polar surface area (TPSA) is 21.3 Å². The van der Waals surface area contributed by atoms with Gasteiger partial charge in [-0.2, -0.15) is 0 Å². The van der Waals surface area contributed by atoms with Crippen molar-refractivity contribution in [3.8, 4) is 0 Å². The molecular formula is C12H13Cl2NO. The van der Waals surface area contributed by atoms with Crippen LogP contribution in [0.2, 0.25) is 10.0 Å². The number of hydrogen-bond acceptors (Lipinski definition) is 2. The first-order chi connectivity index (χ1) is 7.62. The quantitative estimate of drug-likeness (QED) is 0.836. The molecule has 2 heterocycles. The molecule has 0 saturated carbocycles. The van der Waals surface area contributed by atoms with Crippen LogP contribution in [0.4, 0.5) is 0 Å². The summed E-state index contributed by atoms with van der Waals surface area (Å²) in [5.74, 6) is 0. The summed E-state index contributed by atoms with van der Waals surface area (Å²) in [5.41, 5.74) is 0.917. The van der Waals surface area contributed by atoms with Crippen LogP contribution in [0.3, 0.4) is 0 Å². The van der Waals surface area contributed by atoms with E-state index in [4.69, 9.17) is 27.9 Å². The second-order valence-corrected chi connectivity index (χ2v) is 5.43. The Hall–Kier alpha value is -0.280. The maximum absolute atomic E-state index is 6.06. The molecule has 1 N–H and O–H groups in total. The van der Waals surface area contributed by atoms with Crippen molar-refractivity contribution in [2.24, 2.45) is 0 Å². The highest BCUT2D eigenvalue weighted by molar-refractivity contribution is 6.42. The van der Waals surface area contributed by atoms with E-state index in [1.54, 1.807) is 0 Å². The molecule has 2 aliphatic heterocycles. The first-order valence-electron chi connectivity index (χ1n) is 5.47. The van der Waals surface area contributed by atoms with Gasteiger partial charge >= 0.3 is 0 Å². The highest BCUT2D eigenvalue weighted by Gasteiger charge is 2.52. The van der Waals surface area contributed by atoms with Crippen LogP contribution >= 0.6 is 23.2 Å². The molecule has 1 aromatic rings. The van der Waals surface area contributed by atoms with Gasteiger partial charge in [-0.25, -0.2) is 0 Å². The minimum atomic E-state index is -0.209. The van der Waals surface area contributed by atoms with Gasteiger partial charge in [-0.3, -0.25) is 0 Å². The smallest absolute Gasteiger partial charge is 0.110 e. The zero-order valence-electron chi connectivity index (χ0n) is 8.97. The van der Waals surface area contributed by atoms with E-state index in [2.05, 4.69) is 12.2 Å². The van der Waals surface area contributed by atoms with Gasteiger partial charge in [-0.1, -0.05) is 29.3 Å². The first-order valence-corrected chi connectivity index (χ1v) is 6.23. The molecule has 16 heavy (non-hydrogen) atoms. The number of benzene rings is 1. The van der Waals surface area contributed by atoms with Crippen molar-refractivity contribution >= 4 is 23.2 Å². The average molecular weight is 258 g/mol. The SMILES string of the molecule is CC1NC2COC1(c1ccc(Cl)c(Cl)c1)C2. The standard InChI is InChI=1S/C12H13Cl2NO/c1-7-12(5-9(15-7)6-16-12)8-2-3-10(13)11(14)4-8/h2-4,7,9,15H,5-6H2,1H3. The van der Waals surface area contributed by atoms with Crippen LogP contribution in [0.5, 0.6) is 0 Å². The second kappa shape index (κ2) is 3.61.